The number of halogens is 1. The average molecular weight is 383 g/mol. The van der Waals surface area contributed by atoms with Crippen LogP contribution in [0.3, 0.4) is 0 Å². The zero-order valence-electron chi connectivity index (χ0n) is 15.0. The van der Waals surface area contributed by atoms with Crippen LogP contribution in [0, 0.1) is 6.92 Å². The number of rotatable bonds is 6. The zero-order valence-corrected chi connectivity index (χ0v) is 15.7. The van der Waals surface area contributed by atoms with Gasteiger partial charge in [0, 0.05) is 22.8 Å². The number of benzene rings is 2. The van der Waals surface area contributed by atoms with E-state index in [0.29, 0.717) is 23.1 Å². The number of hydrogen-bond donors (Lipinski definition) is 2. The fourth-order valence-corrected chi connectivity index (χ4v) is 2.62. The first-order valence-electron chi connectivity index (χ1n) is 8.32. The Bertz CT molecular complexity index is 945. The van der Waals surface area contributed by atoms with Gasteiger partial charge < -0.3 is 15.4 Å². The minimum Gasteiger partial charge on any atom is -0.496 e. The number of carbonyl (C=O) groups excluding carboxylic acids is 1. The maximum absolute atomic E-state index is 12.3. The summed E-state index contributed by atoms with van der Waals surface area (Å²) in [6.45, 7) is 2.43. The van der Waals surface area contributed by atoms with E-state index in [-0.39, 0.29) is 11.6 Å². The molecule has 7 heteroatoms. The van der Waals surface area contributed by atoms with Gasteiger partial charge in [-0.2, -0.15) is 0 Å². The van der Waals surface area contributed by atoms with Gasteiger partial charge in [0.1, 0.15) is 17.3 Å². The number of para-hydroxylation sites is 1. The molecule has 1 aromatic heterocycles. The first-order valence-corrected chi connectivity index (χ1v) is 8.70. The molecule has 0 aliphatic heterocycles. The summed E-state index contributed by atoms with van der Waals surface area (Å²) in [5.41, 5.74) is 2.77. The number of amides is 1. The molecule has 1 heterocycles. The molecule has 0 saturated carbocycles. The van der Waals surface area contributed by atoms with Crippen LogP contribution in [-0.2, 0) is 6.54 Å². The molecule has 0 aliphatic carbocycles. The lowest BCUT2D eigenvalue weighted by Gasteiger charge is -2.10. The van der Waals surface area contributed by atoms with Gasteiger partial charge in [-0.15, -0.1) is 0 Å². The molecule has 1 amide bonds. The topological polar surface area (TPSA) is 76.1 Å². The Morgan fingerprint density at radius 3 is 2.67 bits per heavy atom. The lowest BCUT2D eigenvalue weighted by Crippen LogP contribution is -2.14. The first kappa shape index (κ1) is 18.7. The summed E-state index contributed by atoms with van der Waals surface area (Å²) in [7, 11) is 1.63. The van der Waals surface area contributed by atoms with Crippen molar-refractivity contribution in [1.82, 2.24) is 9.97 Å². The van der Waals surface area contributed by atoms with Crippen LogP contribution >= 0.6 is 11.6 Å². The Morgan fingerprint density at radius 2 is 1.96 bits per heavy atom. The summed E-state index contributed by atoms with van der Waals surface area (Å²) in [6.07, 6.45) is 2.95. The Kier molecular flexibility index (Phi) is 5.88. The molecule has 27 heavy (non-hydrogen) atoms. The van der Waals surface area contributed by atoms with Gasteiger partial charge in [0.05, 0.1) is 19.5 Å². The van der Waals surface area contributed by atoms with E-state index in [2.05, 4.69) is 20.6 Å². The minimum atomic E-state index is -0.348. The van der Waals surface area contributed by atoms with Crippen molar-refractivity contribution < 1.29 is 9.53 Å². The molecule has 0 atom stereocenters. The fraction of sp³-hybridized carbons (Fsp3) is 0.150. The van der Waals surface area contributed by atoms with Crippen LogP contribution < -0.4 is 15.4 Å². The normalized spacial score (nSPS) is 10.3. The van der Waals surface area contributed by atoms with Gasteiger partial charge in [-0.3, -0.25) is 4.79 Å². The van der Waals surface area contributed by atoms with E-state index in [1.807, 2.05) is 37.3 Å². The summed E-state index contributed by atoms with van der Waals surface area (Å²) < 4.78 is 5.32. The SMILES string of the molecule is COc1ccccc1CNc1cnc(C(=O)Nc2ccc(C)c(Cl)c2)cn1. The molecule has 6 nitrogen and oxygen atoms in total. The summed E-state index contributed by atoms with van der Waals surface area (Å²) in [5.74, 6) is 1.01. The number of aryl methyl sites for hydroxylation is 1. The van der Waals surface area contributed by atoms with Crippen molar-refractivity contribution in [2.45, 2.75) is 13.5 Å². The third kappa shape index (κ3) is 4.74. The standard InChI is InChI=1S/C20H19ClN4O2/c1-13-7-8-15(9-16(13)21)25-20(26)17-11-24-19(12-22-17)23-10-14-5-3-4-6-18(14)27-2/h3-9,11-12H,10H2,1-2H3,(H,23,24)(H,25,26). The monoisotopic (exact) mass is 382 g/mol. The molecular weight excluding hydrogens is 364 g/mol. The predicted molar refractivity (Wildman–Crippen MR) is 106 cm³/mol. The van der Waals surface area contributed by atoms with E-state index in [9.17, 15) is 4.79 Å². The second-order valence-electron chi connectivity index (χ2n) is 5.87. The number of methoxy groups -OCH3 is 1. The summed E-state index contributed by atoms with van der Waals surface area (Å²) in [5, 5.41) is 6.51. The maximum atomic E-state index is 12.3. The van der Waals surface area contributed by atoms with Crippen molar-refractivity contribution in [3.05, 3.63) is 76.7 Å². The minimum absolute atomic E-state index is 0.217. The number of nitrogens with one attached hydrogen (secondary N) is 2. The highest BCUT2D eigenvalue weighted by Crippen LogP contribution is 2.21. The molecule has 0 bridgehead atoms. The fourth-order valence-electron chi connectivity index (χ4n) is 2.44. The van der Waals surface area contributed by atoms with Crippen molar-refractivity contribution in [2.75, 3.05) is 17.7 Å². The third-order valence-corrected chi connectivity index (χ3v) is 4.37. The van der Waals surface area contributed by atoms with Gasteiger partial charge in [-0.1, -0.05) is 35.9 Å². The van der Waals surface area contributed by atoms with Gasteiger partial charge in [0.2, 0.25) is 0 Å². The van der Waals surface area contributed by atoms with Gasteiger partial charge in [-0.25, -0.2) is 9.97 Å². The van der Waals surface area contributed by atoms with Crippen LogP contribution in [-0.4, -0.2) is 23.0 Å². The molecule has 0 saturated heterocycles. The van der Waals surface area contributed by atoms with Gasteiger partial charge in [0.25, 0.3) is 5.91 Å². The molecule has 0 radical (unpaired) electrons. The number of carbonyl (C=O) groups is 1. The molecule has 2 aromatic carbocycles. The molecule has 0 unspecified atom stereocenters. The number of ether oxygens (including phenoxy) is 1. The van der Waals surface area contributed by atoms with Crippen LogP contribution in [0.15, 0.2) is 54.9 Å². The molecular formula is C20H19ClN4O2. The van der Waals surface area contributed by atoms with Crippen LogP contribution in [0.2, 0.25) is 5.02 Å². The van der Waals surface area contributed by atoms with Crippen molar-refractivity contribution in [3.8, 4) is 5.75 Å². The van der Waals surface area contributed by atoms with E-state index in [0.717, 1.165) is 16.9 Å². The Morgan fingerprint density at radius 1 is 1.15 bits per heavy atom. The van der Waals surface area contributed by atoms with E-state index >= 15 is 0 Å². The van der Waals surface area contributed by atoms with Crippen LogP contribution in [0.1, 0.15) is 21.6 Å². The molecule has 0 fully saturated rings. The largest absolute Gasteiger partial charge is 0.496 e. The molecule has 3 rings (SSSR count). The zero-order chi connectivity index (χ0) is 19.2. The highest BCUT2D eigenvalue weighted by atomic mass is 35.5. The van der Waals surface area contributed by atoms with Gasteiger partial charge in [0.15, 0.2) is 0 Å². The predicted octanol–water partition coefficient (Wildman–Crippen LogP) is 4.31. The maximum Gasteiger partial charge on any atom is 0.275 e. The lowest BCUT2D eigenvalue weighted by atomic mass is 10.2. The van der Waals surface area contributed by atoms with Gasteiger partial charge in [-0.05, 0) is 30.7 Å². The molecule has 138 valence electrons. The van der Waals surface area contributed by atoms with Crippen LogP contribution in [0.4, 0.5) is 11.5 Å². The third-order valence-electron chi connectivity index (χ3n) is 3.97. The van der Waals surface area contributed by atoms with E-state index < -0.39 is 0 Å². The highest BCUT2D eigenvalue weighted by Gasteiger charge is 2.10. The number of anilines is 2. The van der Waals surface area contributed by atoms with Crippen molar-refractivity contribution in [2.24, 2.45) is 0 Å². The molecule has 3 aromatic rings. The van der Waals surface area contributed by atoms with E-state index in [4.69, 9.17) is 16.3 Å². The number of nitrogens with zero attached hydrogens (tertiary/aromatic N) is 2. The number of hydrogen-bond acceptors (Lipinski definition) is 5. The highest BCUT2D eigenvalue weighted by molar-refractivity contribution is 6.31. The second-order valence-corrected chi connectivity index (χ2v) is 6.28. The average Bonchev–Trinajstić information content (AvgIpc) is 2.69. The first-order chi connectivity index (χ1) is 13.1. The Hall–Kier alpha value is -3.12. The smallest absolute Gasteiger partial charge is 0.275 e. The lowest BCUT2D eigenvalue weighted by molar-refractivity contribution is 0.102. The Labute approximate surface area is 162 Å². The molecule has 0 aliphatic rings. The summed E-state index contributed by atoms with van der Waals surface area (Å²) >= 11 is 6.07. The van der Waals surface area contributed by atoms with E-state index in [1.165, 1.54) is 12.4 Å². The van der Waals surface area contributed by atoms with Crippen LogP contribution in [0.25, 0.3) is 0 Å². The Balaban J connectivity index is 1.62. The second kappa shape index (κ2) is 8.51. The van der Waals surface area contributed by atoms with Crippen molar-refractivity contribution in [3.63, 3.8) is 0 Å². The molecule has 2 N–H and O–H groups in total. The summed E-state index contributed by atoms with van der Waals surface area (Å²) in [4.78, 5) is 20.7. The van der Waals surface area contributed by atoms with E-state index in [1.54, 1.807) is 19.2 Å². The number of aromatic nitrogens is 2. The quantitative estimate of drug-likeness (QED) is 0.664. The molecule has 0 spiro atoms. The van der Waals surface area contributed by atoms with Crippen LogP contribution in [0.5, 0.6) is 5.75 Å². The van der Waals surface area contributed by atoms with Crippen molar-refractivity contribution >= 4 is 29.0 Å². The van der Waals surface area contributed by atoms with Gasteiger partial charge >= 0.3 is 0 Å². The summed E-state index contributed by atoms with van der Waals surface area (Å²) in [6, 6.07) is 13.0. The van der Waals surface area contributed by atoms with Crippen molar-refractivity contribution in [1.29, 1.82) is 0 Å².